The van der Waals surface area contributed by atoms with Crippen molar-refractivity contribution in [2.75, 3.05) is 0 Å². The summed E-state index contributed by atoms with van der Waals surface area (Å²) in [5.74, 6) is -13.0. The zero-order valence-electron chi connectivity index (χ0n) is 10.2. The Balaban J connectivity index is 2.96. The molecule has 0 aliphatic carbocycles. The summed E-state index contributed by atoms with van der Waals surface area (Å²) in [4.78, 5) is 10.8. The maximum Gasteiger partial charge on any atom is 0.459 e. The van der Waals surface area contributed by atoms with Gasteiger partial charge in [0.15, 0.2) is 0 Å². The summed E-state index contributed by atoms with van der Waals surface area (Å²) in [7, 11) is 0. The first-order valence-corrected chi connectivity index (χ1v) is 5.54. The van der Waals surface area contributed by atoms with Gasteiger partial charge in [0.25, 0.3) is 0 Å². The van der Waals surface area contributed by atoms with Crippen LogP contribution in [0.15, 0.2) is 24.3 Å². The van der Waals surface area contributed by atoms with Crippen LogP contribution in [0.1, 0.15) is 22.3 Å². The van der Waals surface area contributed by atoms with Crippen LogP contribution in [-0.2, 0) is 6.42 Å². The van der Waals surface area contributed by atoms with Crippen molar-refractivity contribution in [3.63, 3.8) is 0 Å². The fraction of sp³-hybridized carbons (Fsp3) is 0.417. The minimum atomic E-state index is -6.39. The Morgan fingerprint density at radius 3 is 2.00 bits per heavy atom. The first kappa shape index (κ1) is 17.3. The van der Waals surface area contributed by atoms with Gasteiger partial charge in [0.05, 0.1) is 5.56 Å². The summed E-state index contributed by atoms with van der Waals surface area (Å²) in [5, 5.41) is 8.77. The van der Waals surface area contributed by atoms with E-state index in [9.17, 15) is 35.5 Å². The van der Waals surface area contributed by atoms with Crippen LogP contribution in [0.25, 0.3) is 0 Å². The van der Waals surface area contributed by atoms with Gasteiger partial charge >= 0.3 is 24.0 Å². The van der Waals surface area contributed by atoms with Crippen LogP contribution in [-0.4, -0.2) is 29.1 Å². The highest BCUT2D eigenvalue weighted by atomic mass is 19.4. The Labute approximate surface area is 114 Å². The molecule has 0 amide bonds. The number of aryl methyl sites for hydroxylation is 1. The average Bonchev–Trinajstić information content (AvgIpc) is 2.35. The van der Waals surface area contributed by atoms with E-state index in [1.54, 1.807) is 0 Å². The molecular formula is C12H9F7O2. The van der Waals surface area contributed by atoms with Crippen molar-refractivity contribution in [2.24, 2.45) is 0 Å². The summed E-state index contributed by atoms with van der Waals surface area (Å²) in [6.45, 7) is 0. The molecule has 1 aromatic carbocycles. The normalized spacial score (nSPS) is 13.3. The van der Waals surface area contributed by atoms with Crippen LogP contribution in [0.3, 0.4) is 0 Å². The molecule has 21 heavy (non-hydrogen) atoms. The van der Waals surface area contributed by atoms with Crippen molar-refractivity contribution in [2.45, 2.75) is 30.9 Å². The maximum atomic E-state index is 13.1. The molecule has 0 unspecified atom stereocenters. The molecule has 0 saturated carbocycles. The highest BCUT2D eigenvalue weighted by Gasteiger charge is 2.72. The van der Waals surface area contributed by atoms with Crippen molar-refractivity contribution in [1.29, 1.82) is 0 Å². The molecule has 0 spiro atoms. The van der Waals surface area contributed by atoms with Crippen LogP contribution in [0.2, 0.25) is 0 Å². The Morgan fingerprint density at radius 2 is 1.52 bits per heavy atom. The van der Waals surface area contributed by atoms with Gasteiger partial charge in [0.2, 0.25) is 0 Å². The van der Waals surface area contributed by atoms with Crippen molar-refractivity contribution in [3.05, 3.63) is 35.4 Å². The lowest BCUT2D eigenvalue weighted by molar-refractivity contribution is -0.355. The van der Waals surface area contributed by atoms with Crippen molar-refractivity contribution < 1.29 is 40.6 Å². The van der Waals surface area contributed by atoms with Gasteiger partial charge in [-0.3, -0.25) is 0 Å². The largest absolute Gasteiger partial charge is 0.478 e. The summed E-state index contributed by atoms with van der Waals surface area (Å²) < 4.78 is 87.4. The summed E-state index contributed by atoms with van der Waals surface area (Å²) in [6.07, 6.45) is -9.15. The first-order chi connectivity index (χ1) is 9.40. The van der Waals surface area contributed by atoms with Gasteiger partial charge in [0.1, 0.15) is 0 Å². The van der Waals surface area contributed by atoms with E-state index in [2.05, 4.69) is 0 Å². The van der Waals surface area contributed by atoms with E-state index in [0.717, 1.165) is 12.1 Å². The molecule has 0 aliphatic rings. The van der Waals surface area contributed by atoms with Gasteiger partial charge in [-0.15, -0.1) is 0 Å². The molecule has 118 valence electrons. The third-order valence-electron chi connectivity index (χ3n) is 2.77. The molecule has 0 heterocycles. The van der Waals surface area contributed by atoms with Crippen LogP contribution in [0.4, 0.5) is 30.7 Å². The highest BCUT2D eigenvalue weighted by Crippen LogP contribution is 2.48. The number of benzene rings is 1. The third-order valence-corrected chi connectivity index (χ3v) is 2.77. The fourth-order valence-corrected chi connectivity index (χ4v) is 1.60. The molecular weight excluding hydrogens is 309 g/mol. The predicted molar refractivity (Wildman–Crippen MR) is 57.7 cm³/mol. The van der Waals surface area contributed by atoms with E-state index in [1.165, 1.54) is 12.1 Å². The Morgan fingerprint density at radius 1 is 1.00 bits per heavy atom. The molecule has 0 fully saturated rings. The number of hydrogen-bond donors (Lipinski definition) is 1. The zero-order chi connectivity index (χ0) is 16.5. The topological polar surface area (TPSA) is 37.3 Å². The number of aromatic carboxylic acids is 1. The van der Waals surface area contributed by atoms with Gasteiger partial charge in [-0.1, -0.05) is 18.2 Å². The Kier molecular flexibility index (Phi) is 4.54. The van der Waals surface area contributed by atoms with Crippen LogP contribution < -0.4 is 0 Å². The van der Waals surface area contributed by atoms with Crippen LogP contribution in [0, 0.1) is 0 Å². The molecule has 1 rings (SSSR count). The van der Waals surface area contributed by atoms with E-state index >= 15 is 0 Å². The van der Waals surface area contributed by atoms with E-state index in [-0.39, 0.29) is 5.56 Å². The van der Waals surface area contributed by atoms with Gasteiger partial charge in [-0.05, 0) is 18.1 Å². The number of carboxylic acid groups (broad SMARTS) is 1. The second kappa shape index (κ2) is 5.53. The summed E-state index contributed by atoms with van der Waals surface area (Å²) in [6, 6.07) is 4.65. The maximum absolute atomic E-state index is 13.1. The molecule has 0 saturated heterocycles. The van der Waals surface area contributed by atoms with Gasteiger partial charge in [-0.2, -0.15) is 30.7 Å². The highest BCUT2D eigenvalue weighted by molar-refractivity contribution is 5.89. The minimum absolute atomic E-state index is 0.248. The second-order valence-corrected chi connectivity index (χ2v) is 4.24. The number of halogens is 7. The van der Waals surface area contributed by atoms with Gasteiger partial charge in [0, 0.05) is 6.42 Å². The number of rotatable bonds is 5. The summed E-state index contributed by atoms with van der Waals surface area (Å²) >= 11 is 0. The number of hydrogen-bond acceptors (Lipinski definition) is 1. The number of alkyl halides is 7. The lowest BCUT2D eigenvalue weighted by atomic mass is 9.98. The van der Waals surface area contributed by atoms with Crippen molar-refractivity contribution in [1.82, 2.24) is 0 Å². The van der Waals surface area contributed by atoms with E-state index in [4.69, 9.17) is 5.11 Å². The van der Waals surface area contributed by atoms with Crippen LogP contribution in [0.5, 0.6) is 0 Å². The lowest BCUT2D eigenvalue weighted by Crippen LogP contribution is -2.52. The smallest absolute Gasteiger partial charge is 0.459 e. The van der Waals surface area contributed by atoms with Crippen LogP contribution >= 0.6 is 0 Å². The van der Waals surface area contributed by atoms with Gasteiger partial charge in [-0.25, -0.2) is 4.79 Å². The lowest BCUT2D eigenvalue weighted by Gasteiger charge is -2.28. The molecule has 2 nitrogen and oxygen atoms in total. The first-order valence-electron chi connectivity index (χ1n) is 5.54. The van der Waals surface area contributed by atoms with E-state index in [0.29, 0.717) is 0 Å². The minimum Gasteiger partial charge on any atom is -0.478 e. The molecule has 1 N–H and O–H groups in total. The van der Waals surface area contributed by atoms with Crippen molar-refractivity contribution in [3.8, 4) is 0 Å². The second-order valence-electron chi connectivity index (χ2n) is 4.24. The van der Waals surface area contributed by atoms with E-state index in [1.807, 2.05) is 0 Å². The van der Waals surface area contributed by atoms with Gasteiger partial charge < -0.3 is 5.11 Å². The number of carbonyl (C=O) groups is 1. The molecule has 0 aromatic heterocycles. The Hall–Kier alpha value is -1.80. The fourth-order valence-electron chi connectivity index (χ4n) is 1.60. The molecule has 0 bridgehead atoms. The zero-order valence-corrected chi connectivity index (χ0v) is 10.2. The van der Waals surface area contributed by atoms with Crippen molar-refractivity contribution >= 4 is 5.97 Å². The quantitative estimate of drug-likeness (QED) is 0.828. The van der Waals surface area contributed by atoms with E-state index < -0.39 is 42.4 Å². The summed E-state index contributed by atoms with van der Waals surface area (Å²) in [5.41, 5.74) is -0.675. The molecule has 0 atom stereocenters. The molecule has 0 aliphatic heterocycles. The molecule has 1 aromatic rings. The standard InChI is InChI=1S/C12H9F7O2/c13-10(14,11(15,16)12(17,18)19)6-5-7-3-1-2-4-8(7)9(20)21/h1-4H,5-6H2,(H,20,21). The average molecular weight is 318 g/mol. The Bertz CT molecular complexity index is 523. The molecule has 9 heteroatoms. The number of carboxylic acids is 1. The predicted octanol–water partition coefficient (Wildman–Crippen LogP) is 4.15. The third kappa shape index (κ3) is 3.45. The monoisotopic (exact) mass is 318 g/mol. The molecule has 0 radical (unpaired) electrons. The SMILES string of the molecule is O=C(O)c1ccccc1CCC(F)(F)C(F)(F)C(F)(F)F.